The summed E-state index contributed by atoms with van der Waals surface area (Å²) in [5, 5.41) is 6.83. The lowest BCUT2D eigenvalue weighted by molar-refractivity contribution is 0.0976. The van der Waals surface area contributed by atoms with Crippen LogP contribution in [0.15, 0.2) is 36.9 Å². The van der Waals surface area contributed by atoms with Gasteiger partial charge < -0.3 is 20.3 Å². The number of ether oxygens (including phenoxy) is 1. The third kappa shape index (κ3) is 6.24. The maximum Gasteiger partial charge on any atom is 0.328 e. The van der Waals surface area contributed by atoms with E-state index in [0.29, 0.717) is 30.1 Å². The molecule has 0 saturated carbocycles. The molecule has 3 aromatic rings. The molecule has 1 atom stereocenters. The highest BCUT2D eigenvalue weighted by atomic mass is 31.0. The van der Waals surface area contributed by atoms with Gasteiger partial charge in [-0.1, -0.05) is 12.6 Å². The van der Waals surface area contributed by atoms with Crippen LogP contribution in [0.2, 0.25) is 0 Å². The molecule has 0 spiro atoms. The normalized spacial score (nSPS) is 13.2. The number of nitrogens with zero attached hydrogens (tertiary/aromatic N) is 4. The number of hydrogen-bond acceptors (Lipinski definition) is 6. The summed E-state index contributed by atoms with van der Waals surface area (Å²) >= 11 is 0. The number of fused-ring (bicyclic) bond motifs is 1. The lowest BCUT2D eigenvalue weighted by Gasteiger charge is -2.31. The van der Waals surface area contributed by atoms with E-state index in [-0.39, 0.29) is 18.3 Å². The maximum atomic E-state index is 15.0. The Bertz CT molecular complexity index is 1450. The molecule has 0 aliphatic carbocycles. The van der Waals surface area contributed by atoms with Crippen molar-refractivity contribution in [2.75, 3.05) is 37.4 Å². The van der Waals surface area contributed by atoms with Crippen LogP contribution in [0.3, 0.4) is 0 Å². The summed E-state index contributed by atoms with van der Waals surface area (Å²) < 4.78 is 36.0. The first-order valence-corrected chi connectivity index (χ1v) is 13.4. The predicted molar refractivity (Wildman–Crippen MR) is 159 cm³/mol. The molecule has 2 heterocycles. The van der Waals surface area contributed by atoms with Gasteiger partial charge in [-0.3, -0.25) is 0 Å². The fourth-order valence-electron chi connectivity index (χ4n) is 4.33. The maximum absolute atomic E-state index is 15.0. The average Bonchev–Trinajstić information content (AvgIpc) is 2.85. The van der Waals surface area contributed by atoms with Crippen LogP contribution in [0.1, 0.15) is 37.5 Å². The molecule has 2 amide bonds. The van der Waals surface area contributed by atoms with Gasteiger partial charge in [0.05, 0.1) is 12.2 Å². The summed E-state index contributed by atoms with van der Waals surface area (Å²) in [7, 11) is 6.61. The van der Waals surface area contributed by atoms with Crippen LogP contribution >= 0.6 is 9.24 Å². The number of anilines is 3. The van der Waals surface area contributed by atoms with Crippen molar-refractivity contribution in [1.82, 2.24) is 20.2 Å². The van der Waals surface area contributed by atoms with E-state index in [4.69, 9.17) is 9.72 Å². The molecule has 1 aliphatic heterocycles. The number of para-hydroxylation sites is 1. The largest absolute Gasteiger partial charge is 0.488 e. The van der Waals surface area contributed by atoms with Gasteiger partial charge in [0.25, 0.3) is 0 Å². The number of nitrogens with one attached hydrogen (secondary N) is 2. The van der Waals surface area contributed by atoms with E-state index in [1.54, 1.807) is 0 Å². The first-order chi connectivity index (χ1) is 18.8. The zero-order chi connectivity index (χ0) is 29.4. The number of likely N-dealkylation sites (N-methyl/N-ethyl adjacent to an activating group) is 1. The van der Waals surface area contributed by atoms with Gasteiger partial charge in [-0.2, -0.15) is 4.98 Å². The first kappa shape index (κ1) is 29.4. The van der Waals surface area contributed by atoms with Gasteiger partial charge in [-0.15, -0.1) is 9.24 Å². The minimum absolute atomic E-state index is 0.0728. The molecule has 40 heavy (non-hydrogen) atoms. The molecule has 2 N–H and O–H groups in total. The van der Waals surface area contributed by atoms with Crippen LogP contribution in [0.25, 0.3) is 17.0 Å². The SMILES string of the molecule is C=C(OC(C)(C)C)c1cc(P)c(C)c(-c2nc(NCCN(C)C)nc3c2CNC(=O)N3c2c(F)cccc2F)c1. The highest BCUT2D eigenvalue weighted by Crippen LogP contribution is 2.39. The number of aromatic nitrogens is 2. The summed E-state index contributed by atoms with van der Waals surface area (Å²) in [5.41, 5.74) is 2.51. The number of benzene rings is 2. The second kappa shape index (κ2) is 11.5. The van der Waals surface area contributed by atoms with Crippen LogP contribution in [0.5, 0.6) is 0 Å². The Hall–Kier alpha value is -3.62. The standard InChI is InChI=1S/C29H35F2N6O2P/c1-16-19(13-18(14-23(16)40)17(2)39-29(3,4)5)24-20-15-33-28(38)37(25-21(30)9-8-10-22(25)31)26(20)35-27(34-24)32-11-12-36(6)7/h8-10,13-14H,2,11-12,15,40H2,1,3-7H3,(H,33,38)(H,32,34,35). The molecule has 212 valence electrons. The van der Waals surface area contributed by atoms with Gasteiger partial charge in [0, 0.05) is 29.8 Å². The Balaban J connectivity index is 1.95. The third-order valence-electron chi connectivity index (χ3n) is 6.27. The molecule has 0 radical (unpaired) electrons. The Morgan fingerprint density at radius 1 is 1.23 bits per heavy atom. The number of hydrogen-bond donors (Lipinski definition) is 2. The van der Waals surface area contributed by atoms with Gasteiger partial charge in [0.2, 0.25) is 5.95 Å². The number of carbonyl (C=O) groups excluding carboxylic acids is 1. The predicted octanol–water partition coefficient (Wildman–Crippen LogP) is 5.35. The van der Waals surface area contributed by atoms with E-state index in [1.807, 2.05) is 58.8 Å². The van der Waals surface area contributed by atoms with Crippen molar-refractivity contribution in [3.63, 3.8) is 0 Å². The van der Waals surface area contributed by atoms with Crippen molar-refractivity contribution in [3.8, 4) is 11.3 Å². The second-order valence-corrected chi connectivity index (χ2v) is 11.5. The lowest BCUT2D eigenvalue weighted by Crippen LogP contribution is -2.43. The molecule has 11 heteroatoms. The van der Waals surface area contributed by atoms with Gasteiger partial charge in [-0.25, -0.2) is 23.5 Å². The Morgan fingerprint density at radius 3 is 2.52 bits per heavy atom. The van der Waals surface area contributed by atoms with Crippen molar-refractivity contribution in [2.24, 2.45) is 0 Å². The summed E-state index contributed by atoms with van der Waals surface area (Å²) in [5.74, 6) is -0.942. The van der Waals surface area contributed by atoms with E-state index < -0.39 is 29.0 Å². The molecule has 4 rings (SSSR count). The highest BCUT2D eigenvalue weighted by molar-refractivity contribution is 7.27. The lowest BCUT2D eigenvalue weighted by atomic mass is 9.97. The molecule has 1 aliphatic rings. The number of rotatable bonds is 8. The van der Waals surface area contributed by atoms with E-state index in [0.717, 1.165) is 39.0 Å². The molecular weight excluding hydrogens is 533 g/mol. The van der Waals surface area contributed by atoms with E-state index >= 15 is 0 Å². The van der Waals surface area contributed by atoms with Crippen LogP contribution in [-0.2, 0) is 11.3 Å². The van der Waals surface area contributed by atoms with E-state index in [9.17, 15) is 13.6 Å². The monoisotopic (exact) mass is 568 g/mol. The summed E-state index contributed by atoms with van der Waals surface area (Å²) in [4.78, 5) is 25.4. The van der Waals surface area contributed by atoms with Gasteiger partial charge >= 0.3 is 6.03 Å². The Labute approximate surface area is 236 Å². The topological polar surface area (TPSA) is 82.6 Å². The molecule has 0 fully saturated rings. The number of halogens is 2. The van der Waals surface area contributed by atoms with Gasteiger partial charge in [-0.05, 0) is 76.9 Å². The van der Waals surface area contributed by atoms with Crippen molar-refractivity contribution in [2.45, 2.75) is 39.8 Å². The first-order valence-electron chi connectivity index (χ1n) is 12.9. The van der Waals surface area contributed by atoms with E-state index in [2.05, 4.69) is 31.4 Å². The second-order valence-electron chi connectivity index (χ2n) is 10.9. The quantitative estimate of drug-likeness (QED) is 0.282. The van der Waals surface area contributed by atoms with Crippen molar-refractivity contribution >= 4 is 43.8 Å². The molecule has 2 aromatic carbocycles. The minimum Gasteiger partial charge on any atom is -0.488 e. The minimum atomic E-state index is -0.883. The number of urea groups is 1. The Kier molecular flexibility index (Phi) is 8.42. The van der Waals surface area contributed by atoms with Crippen molar-refractivity contribution < 1.29 is 18.3 Å². The van der Waals surface area contributed by atoms with Crippen LogP contribution in [-0.4, -0.2) is 53.7 Å². The van der Waals surface area contributed by atoms with E-state index in [1.165, 1.54) is 6.07 Å². The fraction of sp³-hybridized carbons (Fsp3) is 0.345. The highest BCUT2D eigenvalue weighted by Gasteiger charge is 2.34. The average molecular weight is 569 g/mol. The molecular formula is C29H35F2N6O2P. The van der Waals surface area contributed by atoms with Gasteiger partial charge in [0.1, 0.15) is 28.7 Å². The molecule has 0 bridgehead atoms. The number of carbonyl (C=O) groups is 1. The summed E-state index contributed by atoms with van der Waals surface area (Å²) in [6.07, 6.45) is 0. The summed E-state index contributed by atoms with van der Waals surface area (Å²) in [6.45, 7) is 13.2. The number of amides is 2. The van der Waals surface area contributed by atoms with Crippen LogP contribution in [0.4, 0.5) is 31.0 Å². The van der Waals surface area contributed by atoms with Crippen molar-refractivity contribution in [3.05, 3.63) is 65.2 Å². The third-order valence-corrected chi connectivity index (χ3v) is 6.87. The van der Waals surface area contributed by atoms with Crippen LogP contribution < -0.4 is 20.8 Å². The zero-order valence-electron chi connectivity index (χ0n) is 23.7. The smallest absolute Gasteiger partial charge is 0.328 e. The zero-order valence-corrected chi connectivity index (χ0v) is 24.8. The molecule has 1 unspecified atom stereocenters. The molecule has 8 nitrogen and oxygen atoms in total. The fourth-order valence-corrected chi connectivity index (χ4v) is 4.67. The molecule has 1 aromatic heterocycles. The summed E-state index contributed by atoms with van der Waals surface area (Å²) in [6, 6.07) is 6.65. The van der Waals surface area contributed by atoms with Crippen molar-refractivity contribution in [1.29, 1.82) is 0 Å². The Morgan fingerprint density at radius 2 is 1.90 bits per heavy atom. The van der Waals surface area contributed by atoms with Crippen LogP contribution in [0, 0.1) is 18.6 Å². The van der Waals surface area contributed by atoms with Gasteiger partial charge in [0.15, 0.2) is 5.82 Å². The molecule has 0 saturated heterocycles.